The number of ether oxygens (including phenoxy) is 2. The standard InChI is InChI=1S/C48H74NO10P/c1-3-5-7-9-11-13-15-17-19-21-22-24-26-28-30-32-34-36-38-40-47(51)59-44(42-57-60(54,55)58-43-45(49)48(52)53)41-56-46(50)39-37-35-33-31-29-27-25-23-20-18-16-14-12-10-8-6-4-2/h5,7-8,10-11,13-14,16-17,19-20,22-24,27-30,34,36,44-45H,3-4,6,9,12,15,18,21,25-26,31-33,35,37-43,49H2,1-2H3,(H,52,53)(H,54,55)/b7-5+,10-8+,13-11+,16-14+,19-17+,23-20+,24-22+,29-27+,30-28+,36-34+/t44-,45+/m1/s1. The summed E-state index contributed by atoms with van der Waals surface area (Å²) in [5.74, 6) is -2.55. The summed E-state index contributed by atoms with van der Waals surface area (Å²) in [6.45, 7) is 2.48. The van der Waals surface area contributed by atoms with Gasteiger partial charge in [0.25, 0.3) is 0 Å². The second kappa shape index (κ2) is 41.6. The Morgan fingerprint density at radius 3 is 1.43 bits per heavy atom. The van der Waals surface area contributed by atoms with Gasteiger partial charge >= 0.3 is 25.7 Å². The van der Waals surface area contributed by atoms with Crippen molar-refractivity contribution >= 4 is 25.7 Å². The molecule has 4 N–H and O–H groups in total. The summed E-state index contributed by atoms with van der Waals surface area (Å²) in [5, 5.41) is 8.89. The maximum Gasteiger partial charge on any atom is 0.472 e. The molecule has 0 fully saturated rings. The minimum absolute atomic E-state index is 0.0205. The van der Waals surface area contributed by atoms with Crippen LogP contribution in [0.2, 0.25) is 0 Å². The summed E-state index contributed by atoms with van der Waals surface area (Å²) >= 11 is 0. The molecule has 60 heavy (non-hydrogen) atoms. The van der Waals surface area contributed by atoms with Crippen LogP contribution in [0.3, 0.4) is 0 Å². The first-order valence-corrected chi connectivity index (χ1v) is 23.1. The van der Waals surface area contributed by atoms with E-state index >= 15 is 0 Å². The zero-order chi connectivity index (χ0) is 44.2. The number of phosphoric acid groups is 1. The van der Waals surface area contributed by atoms with Crippen LogP contribution >= 0.6 is 7.82 Å². The average Bonchev–Trinajstić information content (AvgIpc) is 3.22. The van der Waals surface area contributed by atoms with Crippen molar-refractivity contribution in [3.63, 3.8) is 0 Å². The van der Waals surface area contributed by atoms with E-state index in [9.17, 15) is 23.8 Å². The summed E-state index contributed by atoms with van der Waals surface area (Å²) in [5.41, 5.74) is 5.32. The van der Waals surface area contributed by atoms with E-state index in [1.807, 2.05) is 18.2 Å². The van der Waals surface area contributed by atoms with Gasteiger partial charge in [-0.3, -0.25) is 23.4 Å². The molecule has 0 aliphatic rings. The second-order valence-electron chi connectivity index (χ2n) is 13.7. The van der Waals surface area contributed by atoms with E-state index in [0.29, 0.717) is 19.3 Å². The highest BCUT2D eigenvalue weighted by atomic mass is 31.2. The first-order valence-electron chi connectivity index (χ1n) is 21.6. The number of hydrogen-bond donors (Lipinski definition) is 3. The van der Waals surface area contributed by atoms with Crippen LogP contribution in [0, 0.1) is 0 Å². The van der Waals surface area contributed by atoms with E-state index in [2.05, 4.69) is 122 Å². The molecular weight excluding hydrogens is 781 g/mol. The first kappa shape index (κ1) is 55.9. The number of carbonyl (C=O) groups is 3. The van der Waals surface area contributed by atoms with Crippen LogP contribution in [0.5, 0.6) is 0 Å². The molecule has 0 radical (unpaired) electrons. The first-order chi connectivity index (χ1) is 29.1. The van der Waals surface area contributed by atoms with Crippen LogP contribution in [-0.4, -0.2) is 59.9 Å². The fraction of sp³-hybridized carbons (Fsp3) is 0.521. The molecule has 12 heteroatoms. The van der Waals surface area contributed by atoms with Gasteiger partial charge in [-0.1, -0.05) is 148 Å². The number of esters is 2. The Balaban J connectivity index is 4.59. The van der Waals surface area contributed by atoms with Gasteiger partial charge in [0.15, 0.2) is 6.10 Å². The quantitative estimate of drug-likeness (QED) is 0.0233. The van der Waals surface area contributed by atoms with E-state index in [1.165, 1.54) is 6.42 Å². The van der Waals surface area contributed by atoms with Crippen molar-refractivity contribution in [2.24, 2.45) is 5.73 Å². The maximum absolute atomic E-state index is 12.6. The molecule has 0 bridgehead atoms. The Labute approximate surface area is 360 Å². The number of carboxylic acids is 1. The Morgan fingerprint density at radius 2 is 0.967 bits per heavy atom. The SMILES string of the molecule is CC/C=C/C/C=C/C/C=C/C/C=C/C/C=C/C/C=C/CCC(=O)O[C@H](COC(=O)CCCCC/C=C/C/C=C/C/C=C/C/C=C/CCC)COP(=O)(O)OC[C@H](N)C(=O)O. The molecule has 0 heterocycles. The number of carbonyl (C=O) groups excluding carboxylic acids is 2. The Hall–Kier alpha value is -4.12. The van der Waals surface area contributed by atoms with Crippen molar-refractivity contribution in [2.45, 2.75) is 142 Å². The smallest absolute Gasteiger partial charge is 0.472 e. The number of rotatable bonds is 38. The third-order valence-electron chi connectivity index (χ3n) is 8.19. The van der Waals surface area contributed by atoms with Gasteiger partial charge in [0.05, 0.1) is 13.2 Å². The van der Waals surface area contributed by atoms with E-state index in [-0.39, 0.29) is 12.8 Å². The van der Waals surface area contributed by atoms with Gasteiger partial charge in [-0.25, -0.2) is 4.57 Å². The summed E-state index contributed by atoms with van der Waals surface area (Å²) in [6, 6.07) is -1.54. The van der Waals surface area contributed by atoms with Crippen molar-refractivity contribution in [2.75, 3.05) is 19.8 Å². The highest BCUT2D eigenvalue weighted by molar-refractivity contribution is 7.47. The summed E-state index contributed by atoms with van der Waals surface area (Å²) < 4.78 is 32.6. The lowest BCUT2D eigenvalue weighted by Gasteiger charge is -2.20. The van der Waals surface area contributed by atoms with Gasteiger partial charge < -0.3 is 25.2 Å². The lowest BCUT2D eigenvalue weighted by molar-refractivity contribution is -0.161. The molecule has 0 aromatic rings. The molecule has 336 valence electrons. The van der Waals surface area contributed by atoms with Crippen LogP contribution in [0.15, 0.2) is 122 Å². The van der Waals surface area contributed by atoms with E-state index in [4.69, 9.17) is 24.8 Å². The lowest BCUT2D eigenvalue weighted by atomic mass is 10.1. The Kier molecular flexibility index (Phi) is 38.8. The number of unbranched alkanes of at least 4 members (excludes halogenated alkanes) is 4. The van der Waals surface area contributed by atoms with Crippen LogP contribution in [0.25, 0.3) is 0 Å². The topological polar surface area (TPSA) is 172 Å². The Bertz CT molecular complexity index is 1470. The summed E-state index contributed by atoms with van der Waals surface area (Å²) in [4.78, 5) is 45.9. The highest BCUT2D eigenvalue weighted by Gasteiger charge is 2.28. The Morgan fingerprint density at radius 1 is 0.533 bits per heavy atom. The molecule has 11 nitrogen and oxygen atoms in total. The number of nitrogens with two attached hydrogens (primary N) is 1. The maximum atomic E-state index is 12.6. The van der Waals surface area contributed by atoms with Crippen molar-refractivity contribution in [1.29, 1.82) is 0 Å². The zero-order valence-corrected chi connectivity index (χ0v) is 37.1. The molecule has 0 aromatic heterocycles. The third kappa shape index (κ3) is 40.7. The molecule has 0 saturated heterocycles. The summed E-state index contributed by atoms with van der Waals surface area (Å²) in [7, 11) is -4.75. The van der Waals surface area contributed by atoms with Crippen LogP contribution in [0.1, 0.15) is 129 Å². The number of carboxylic acid groups (broad SMARTS) is 1. The number of hydrogen-bond acceptors (Lipinski definition) is 9. The van der Waals surface area contributed by atoms with Gasteiger partial charge in [-0.05, 0) is 89.9 Å². The second-order valence-corrected chi connectivity index (χ2v) is 15.2. The molecule has 0 spiro atoms. The molecule has 0 amide bonds. The average molecular weight is 856 g/mol. The molecule has 0 saturated carbocycles. The van der Waals surface area contributed by atoms with Gasteiger partial charge in [0.2, 0.25) is 0 Å². The normalized spacial score (nSPS) is 14.9. The molecule has 0 aliphatic heterocycles. The van der Waals surface area contributed by atoms with E-state index < -0.39 is 57.7 Å². The number of phosphoric ester groups is 1. The molecule has 0 aliphatic carbocycles. The molecule has 0 aromatic carbocycles. The predicted octanol–water partition coefficient (Wildman–Crippen LogP) is 11.6. The molecule has 3 atom stereocenters. The highest BCUT2D eigenvalue weighted by Crippen LogP contribution is 2.43. The molecular formula is C48H74NO10P. The fourth-order valence-electron chi connectivity index (χ4n) is 4.84. The minimum atomic E-state index is -4.75. The minimum Gasteiger partial charge on any atom is -0.480 e. The van der Waals surface area contributed by atoms with Gasteiger partial charge in [-0.15, -0.1) is 0 Å². The van der Waals surface area contributed by atoms with Crippen LogP contribution in [-0.2, 0) is 37.5 Å². The van der Waals surface area contributed by atoms with Crippen molar-refractivity contribution in [3.05, 3.63) is 122 Å². The van der Waals surface area contributed by atoms with Crippen molar-refractivity contribution in [1.82, 2.24) is 0 Å². The largest absolute Gasteiger partial charge is 0.480 e. The number of aliphatic carboxylic acids is 1. The monoisotopic (exact) mass is 856 g/mol. The predicted molar refractivity (Wildman–Crippen MR) is 244 cm³/mol. The molecule has 1 unspecified atom stereocenters. The van der Waals surface area contributed by atoms with Gasteiger partial charge in [-0.2, -0.15) is 0 Å². The fourth-order valence-corrected chi connectivity index (χ4v) is 5.62. The van der Waals surface area contributed by atoms with Gasteiger partial charge in [0.1, 0.15) is 12.6 Å². The summed E-state index contributed by atoms with van der Waals surface area (Å²) in [6.07, 6.45) is 55.6. The van der Waals surface area contributed by atoms with Crippen molar-refractivity contribution in [3.8, 4) is 0 Å². The van der Waals surface area contributed by atoms with Gasteiger partial charge in [0, 0.05) is 12.8 Å². The van der Waals surface area contributed by atoms with E-state index in [0.717, 1.165) is 77.0 Å². The molecule has 0 rings (SSSR count). The van der Waals surface area contributed by atoms with Crippen molar-refractivity contribution < 1.29 is 47.5 Å². The van der Waals surface area contributed by atoms with E-state index in [1.54, 1.807) is 0 Å². The third-order valence-corrected chi connectivity index (χ3v) is 9.14. The number of allylic oxidation sites excluding steroid dienone is 20. The van der Waals surface area contributed by atoms with Crippen LogP contribution < -0.4 is 5.73 Å². The lowest BCUT2D eigenvalue weighted by Crippen LogP contribution is -2.34. The zero-order valence-electron chi connectivity index (χ0n) is 36.2. The van der Waals surface area contributed by atoms with Crippen LogP contribution in [0.4, 0.5) is 0 Å².